The summed E-state index contributed by atoms with van der Waals surface area (Å²) in [5.41, 5.74) is 0. The highest BCUT2D eigenvalue weighted by molar-refractivity contribution is 9.10. The highest BCUT2D eigenvalue weighted by Gasteiger charge is 2.09. The van der Waals surface area contributed by atoms with E-state index in [0.717, 1.165) is 9.37 Å². The molecule has 1 aromatic heterocycles. The van der Waals surface area contributed by atoms with Crippen LogP contribution in [0.1, 0.15) is 0 Å². The maximum absolute atomic E-state index is 4.51. The highest BCUT2D eigenvalue weighted by atomic mass is 79.9. The molecule has 68 valence electrons. The van der Waals surface area contributed by atoms with Gasteiger partial charge in [-0.1, -0.05) is 12.1 Å². The standard InChI is InChI=1S/C9H7BrS3/c1-12-9-7(11)5-3-2-4-6(10)8(5)13-9/h2-4,11H,1H3. The van der Waals surface area contributed by atoms with Gasteiger partial charge >= 0.3 is 0 Å². The summed E-state index contributed by atoms with van der Waals surface area (Å²) in [6.45, 7) is 0. The summed E-state index contributed by atoms with van der Waals surface area (Å²) < 4.78 is 3.73. The summed E-state index contributed by atoms with van der Waals surface area (Å²) in [5, 5.41) is 1.24. The van der Waals surface area contributed by atoms with Gasteiger partial charge in [0.25, 0.3) is 0 Å². The maximum Gasteiger partial charge on any atom is 0.0742 e. The van der Waals surface area contributed by atoms with Crippen molar-refractivity contribution < 1.29 is 0 Å². The van der Waals surface area contributed by atoms with Gasteiger partial charge in [0.2, 0.25) is 0 Å². The molecule has 0 N–H and O–H groups in total. The number of thioether (sulfide) groups is 1. The fraction of sp³-hybridized carbons (Fsp3) is 0.111. The Morgan fingerprint density at radius 1 is 1.46 bits per heavy atom. The van der Waals surface area contributed by atoms with Crippen molar-refractivity contribution >= 4 is 61.7 Å². The van der Waals surface area contributed by atoms with E-state index in [0.29, 0.717) is 0 Å². The number of hydrogen-bond acceptors (Lipinski definition) is 3. The third-order valence-corrected chi connectivity index (χ3v) is 5.84. The second kappa shape index (κ2) is 3.85. The van der Waals surface area contributed by atoms with Crippen LogP contribution in [-0.2, 0) is 0 Å². The summed E-state index contributed by atoms with van der Waals surface area (Å²) in [4.78, 5) is 1.11. The predicted molar refractivity (Wildman–Crippen MR) is 68.6 cm³/mol. The molecule has 0 saturated carbocycles. The zero-order valence-electron chi connectivity index (χ0n) is 6.87. The molecule has 0 unspecified atom stereocenters. The van der Waals surface area contributed by atoms with E-state index < -0.39 is 0 Å². The maximum atomic E-state index is 4.51. The first kappa shape index (κ1) is 9.90. The van der Waals surface area contributed by atoms with E-state index in [2.05, 4.69) is 46.9 Å². The molecule has 1 heterocycles. The van der Waals surface area contributed by atoms with E-state index in [4.69, 9.17) is 0 Å². The second-order valence-electron chi connectivity index (χ2n) is 2.56. The molecule has 1 aromatic carbocycles. The Hall–Kier alpha value is 0.360. The Balaban J connectivity index is 2.83. The summed E-state index contributed by atoms with van der Waals surface area (Å²) >= 11 is 11.6. The SMILES string of the molecule is CSc1sc2c(Br)cccc2c1S. The van der Waals surface area contributed by atoms with Gasteiger partial charge in [0.05, 0.1) is 8.91 Å². The number of hydrogen-bond donors (Lipinski definition) is 1. The Kier molecular flexibility index (Phi) is 2.93. The molecule has 0 bridgehead atoms. The minimum atomic E-state index is 1.11. The third kappa shape index (κ3) is 1.65. The van der Waals surface area contributed by atoms with Crippen LogP contribution in [0.15, 0.2) is 31.8 Å². The van der Waals surface area contributed by atoms with Crippen LogP contribution in [0.5, 0.6) is 0 Å². The second-order valence-corrected chi connectivity index (χ2v) is 5.96. The molecule has 0 aliphatic rings. The molecule has 0 atom stereocenters. The number of fused-ring (bicyclic) bond motifs is 1. The van der Waals surface area contributed by atoms with Crippen molar-refractivity contribution in [1.29, 1.82) is 0 Å². The first-order valence-electron chi connectivity index (χ1n) is 3.68. The van der Waals surface area contributed by atoms with E-state index >= 15 is 0 Å². The fourth-order valence-corrected chi connectivity index (χ4v) is 4.19. The fourth-order valence-electron chi connectivity index (χ4n) is 1.19. The molecular formula is C9H7BrS3. The first-order valence-corrected chi connectivity index (χ1v) is 6.96. The van der Waals surface area contributed by atoms with Crippen LogP contribution in [-0.4, -0.2) is 6.26 Å². The highest BCUT2D eigenvalue weighted by Crippen LogP contribution is 2.42. The van der Waals surface area contributed by atoms with E-state index in [9.17, 15) is 0 Å². The number of thiophene rings is 1. The molecule has 0 nitrogen and oxygen atoms in total. The van der Waals surface area contributed by atoms with Crippen LogP contribution in [0.4, 0.5) is 0 Å². The van der Waals surface area contributed by atoms with Crippen molar-refractivity contribution in [2.45, 2.75) is 9.10 Å². The molecular weight excluding hydrogens is 284 g/mol. The summed E-state index contributed by atoms with van der Waals surface area (Å²) in [7, 11) is 0. The van der Waals surface area contributed by atoms with E-state index in [1.165, 1.54) is 14.3 Å². The Bertz CT molecular complexity index is 447. The summed E-state index contributed by atoms with van der Waals surface area (Å²) in [5.74, 6) is 0. The van der Waals surface area contributed by atoms with Crippen molar-refractivity contribution in [3.05, 3.63) is 22.7 Å². The zero-order chi connectivity index (χ0) is 9.42. The topological polar surface area (TPSA) is 0 Å². The van der Waals surface area contributed by atoms with Gasteiger partial charge < -0.3 is 0 Å². The third-order valence-electron chi connectivity index (χ3n) is 1.80. The number of thiol groups is 1. The van der Waals surface area contributed by atoms with Crippen LogP contribution in [0.3, 0.4) is 0 Å². The van der Waals surface area contributed by atoms with Crippen LogP contribution in [0.25, 0.3) is 10.1 Å². The lowest BCUT2D eigenvalue weighted by molar-refractivity contribution is 1.47. The van der Waals surface area contributed by atoms with Crippen molar-refractivity contribution in [3.8, 4) is 0 Å². The molecule has 13 heavy (non-hydrogen) atoms. The molecule has 0 fully saturated rings. The number of benzene rings is 1. The van der Waals surface area contributed by atoms with Crippen molar-refractivity contribution in [3.63, 3.8) is 0 Å². The molecule has 2 aromatic rings. The van der Waals surface area contributed by atoms with Gasteiger partial charge in [-0.25, -0.2) is 0 Å². The molecule has 0 aliphatic heterocycles. The Morgan fingerprint density at radius 2 is 2.23 bits per heavy atom. The molecule has 0 saturated heterocycles. The molecule has 4 heteroatoms. The quantitative estimate of drug-likeness (QED) is 0.588. The van der Waals surface area contributed by atoms with Crippen LogP contribution < -0.4 is 0 Å². The van der Waals surface area contributed by atoms with Gasteiger partial charge in [-0.2, -0.15) is 0 Å². The summed E-state index contributed by atoms with van der Waals surface area (Å²) in [6.07, 6.45) is 2.08. The molecule has 2 rings (SSSR count). The lowest BCUT2D eigenvalue weighted by atomic mass is 10.3. The van der Waals surface area contributed by atoms with Crippen LogP contribution in [0, 0.1) is 0 Å². The van der Waals surface area contributed by atoms with Gasteiger partial charge in [0.15, 0.2) is 0 Å². The Morgan fingerprint density at radius 3 is 2.85 bits per heavy atom. The lowest BCUT2D eigenvalue weighted by Crippen LogP contribution is -1.66. The van der Waals surface area contributed by atoms with E-state index in [1.807, 2.05) is 6.07 Å². The predicted octanol–water partition coefficient (Wildman–Crippen LogP) is 4.67. The van der Waals surface area contributed by atoms with Crippen LogP contribution >= 0.6 is 51.7 Å². The van der Waals surface area contributed by atoms with Gasteiger partial charge in [0, 0.05) is 14.8 Å². The first-order chi connectivity index (χ1) is 6.24. The van der Waals surface area contributed by atoms with Gasteiger partial charge in [-0.3, -0.25) is 0 Å². The Labute approximate surface area is 99.3 Å². The minimum Gasteiger partial charge on any atom is -0.141 e. The van der Waals surface area contributed by atoms with Gasteiger partial charge in [-0.15, -0.1) is 35.7 Å². The number of halogens is 1. The van der Waals surface area contributed by atoms with Gasteiger partial charge in [-0.05, 0) is 28.3 Å². The average molecular weight is 291 g/mol. The van der Waals surface area contributed by atoms with Crippen LogP contribution in [0.2, 0.25) is 0 Å². The normalized spacial score (nSPS) is 11.0. The lowest BCUT2D eigenvalue weighted by Gasteiger charge is -1.92. The zero-order valence-corrected chi connectivity index (χ0v) is 11.0. The monoisotopic (exact) mass is 290 g/mol. The molecule has 0 amide bonds. The average Bonchev–Trinajstić information content (AvgIpc) is 2.45. The smallest absolute Gasteiger partial charge is 0.0742 e. The molecule has 0 aliphatic carbocycles. The van der Waals surface area contributed by atoms with E-state index in [-0.39, 0.29) is 0 Å². The minimum absolute atomic E-state index is 1.11. The van der Waals surface area contributed by atoms with Gasteiger partial charge in [0.1, 0.15) is 0 Å². The van der Waals surface area contributed by atoms with Crippen molar-refractivity contribution in [2.75, 3.05) is 6.26 Å². The van der Waals surface area contributed by atoms with Crippen molar-refractivity contribution in [1.82, 2.24) is 0 Å². The van der Waals surface area contributed by atoms with E-state index in [1.54, 1.807) is 23.1 Å². The van der Waals surface area contributed by atoms with Crippen molar-refractivity contribution in [2.24, 2.45) is 0 Å². The largest absolute Gasteiger partial charge is 0.141 e. The molecule has 0 radical (unpaired) electrons. The molecule has 0 spiro atoms. The summed E-state index contributed by atoms with van der Waals surface area (Å²) in [6, 6.07) is 6.22. The number of rotatable bonds is 1.